The van der Waals surface area contributed by atoms with E-state index in [4.69, 9.17) is 0 Å². The molecule has 1 heterocycles. The van der Waals surface area contributed by atoms with Gasteiger partial charge in [-0.25, -0.2) is 12.8 Å². The lowest BCUT2D eigenvalue weighted by molar-refractivity contribution is -0.124. The van der Waals surface area contributed by atoms with Gasteiger partial charge in [-0.2, -0.15) is 0 Å². The van der Waals surface area contributed by atoms with Gasteiger partial charge in [0.05, 0.1) is 0 Å². The van der Waals surface area contributed by atoms with Gasteiger partial charge in [0.15, 0.2) is 14.6 Å². The standard InChI is InChI=1S/C17H23FN2O3S/c1-24(22,23)17(7-9-19-10-8-17)15(21)20-12-16(5-6-16)13-3-2-4-14(18)11-13/h2-4,11,19H,5-10,12H2,1H3,(H,20,21). The highest BCUT2D eigenvalue weighted by Gasteiger charge is 2.50. The van der Waals surface area contributed by atoms with Crippen LogP contribution in [0.15, 0.2) is 24.3 Å². The van der Waals surface area contributed by atoms with Crippen LogP contribution < -0.4 is 10.6 Å². The van der Waals surface area contributed by atoms with E-state index in [1.807, 2.05) is 6.07 Å². The average molecular weight is 354 g/mol. The third-order valence-electron chi connectivity index (χ3n) is 5.41. The zero-order chi connectivity index (χ0) is 17.4. The number of carbonyl (C=O) groups excluding carboxylic acids is 1. The molecular weight excluding hydrogens is 331 g/mol. The van der Waals surface area contributed by atoms with Crippen molar-refractivity contribution < 1.29 is 17.6 Å². The molecule has 1 saturated heterocycles. The topological polar surface area (TPSA) is 75.3 Å². The molecule has 1 aliphatic heterocycles. The van der Waals surface area contributed by atoms with Crippen LogP contribution in [0.4, 0.5) is 4.39 Å². The molecule has 132 valence electrons. The first kappa shape index (κ1) is 17.4. The smallest absolute Gasteiger partial charge is 0.241 e. The lowest BCUT2D eigenvalue weighted by Gasteiger charge is -2.35. The lowest BCUT2D eigenvalue weighted by Crippen LogP contribution is -2.58. The molecule has 3 rings (SSSR count). The second-order valence-electron chi connectivity index (χ2n) is 6.99. The molecule has 7 heteroatoms. The Kier molecular flexibility index (Phi) is 4.42. The minimum Gasteiger partial charge on any atom is -0.354 e. The number of nitrogens with one attached hydrogen (secondary N) is 2. The molecule has 5 nitrogen and oxygen atoms in total. The van der Waals surface area contributed by atoms with Crippen LogP contribution in [0.3, 0.4) is 0 Å². The molecule has 0 bridgehead atoms. The van der Waals surface area contributed by atoms with E-state index in [2.05, 4.69) is 10.6 Å². The van der Waals surface area contributed by atoms with Crippen LogP contribution in [0.5, 0.6) is 0 Å². The van der Waals surface area contributed by atoms with Crippen LogP contribution >= 0.6 is 0 Å². The second kappa shape index (κ2) is 6.11. The number of piperidine rings is 1. The van der Waals surface area contributed by atoms with E-state index in [1.165, 1.54) is 12.1 Å². The predicted molar refractivity (Wildman–Crippen MR) is 90.0 cm³/mol. The summed E-state index contributed by atoms with van der Waals surface area (Å²) < 4.78 is 36.6. The van der Waals surface area contributed by atoms with E-state index >= 15 is 0 Å². The number of carbonyl (C=O) groups is 1. The Hall–Kier alpha value is -1.47. The molecule has 0 unspecified atom stereocenters. The van der Waals surface area contributed by atoms with Crippen LogP contribution in [0.25, 0.3) is 0 Å². The fraction of sp³-hybridized carbons (Fsp3) is 0.588. The summed E-state index contributed by atoms with van der Waals surface area (Å²) in [5, 5.41) is 5.95. The molecule has 1 aromatic rings. The summed E-state index contributed by atoms with van der Waals surface area (Å²) in [6.07, 6.45) is 3.43. The molecule has 0 spiro atoms. The quantitative estimate of drug-likeness (QED) is 0.832. The number of amides is 1. The van der Waals surface area contributed by atoms with Gasteiger partial charge in [0.25, 0.3) is 0 Å². The maximum absolute atomic E-state index is 13.5. The number of sulfone groups is 1. The van der Waals surface area contributed by atoms with Gasteiger partial charge in [-0.1, -0.05) is 12.1 Å². The van der Waals surface area contributed by atoms with Crippen molar-refractivity contribution in [1.82, 2.24) is 10.6 Å². The van der Waals surface area contributed by atoms with E-state index in [1.54, 1.807) is 6.07 Å². The molecule has 2 fully saturated rings. The van der Waals surface area contributed by atoms with E-state index in [0.29, 0.717) is 19.6 Å². The monoisotopic (exact) mass is 354 g/mol. The van der Waals surface area contributed by atoms with Gasteiger partial charge < -0.3 is 10.6 Å². The van der Waals surface area contributed by atoms with Gasteiger partial charge in [-0.05, 0) is 56.5 Å². The fourth-order valence-corrected chi connectivity index (χ4v) is 4.90. The second-order valence-corrected chi connectivity index (χ2v) is 9.32. The largest absolute Gasteiger partial charge is 0.354 e. The van der Waals surface area contributed by atoms with Crippen molar-refractivity contribution in [2.75, 3.05) is 25.9 Å². The van der Waals surface area contributed by atoms with Crippen LogP contribution in [-0.4, -0.2) is 45.0 Å². The predicted octanol–water partition coefficient (Wildman–Crippen LogP) is 1.14. The molecule has 1 amide bonds. The van der Waals surface area contributed by atoms with Crippen molar-refractivity contribution in [2.24, 2.45) is 0 Å². The van der Waals surface area contributed by atoms with Gasteiger partial charge in [0.1, 0.15) is 5.82 Å². The summed E-state index contributed by atoms with van der Waals surface area (Å²) in [6, 6.07) is 6.41. The van der Waals surface area contributed by atoms with Crippen LogP contribution in [0.1, 0.15) is 31.2 Å². The maximum atomic E-state index is 13.5. The number of halogens is 1. The van der Waals surface area contributed by atoms with Crippen LogP contribution in [0.2, 0.25) is 0 Å². The third-order valence-corrected chi connectivity index (χ3v) is 7.43. The van der Waals surface area contributed by atoms with E-state index < -0.39 is 20.5 Å². The van der Waals surface area contributed by atoms with Crippen molar-refractivity contribution in [3.05, 3.63) is 35.6 Å². The van der Waals surface area contributed by atoms with Gasteiger partial charge in [0.2, 0.25) is 5.91 Å². The summed E-state index contributed by atoms with van der Waals surface area (Å²) in [5.41, 5.74) is 0.602. The maximum Gasteiger partial charge on any atom is 0.241 e. The summed E-state index contributed by atoms with van der Waals surface area (Å²) in [6.45, 7) is 1.37. The van der Waals surface area contributed by atoms with E-state index in [9.17, 15) is 17.6 Å². The molecule has 2 N–H and O–H groups in total. The van der Waals surface area contributed by atoms with Gasteiger partial charge in [-0.15, -0.1) is 0 Å². The zero-order valence-electron chi connectivity index (χ0n) is 13.8. The molecule has 0 atom stereocenters. The van der Waals surface area contributed by atoms with Crippen molar-refractivity contribution in [2.45, 2.75) is 35.8 Å². The summed E-state index contributed by atoms with van der Waals surface area (Å²) in [5.74, 6) is -0.717. The first-order valence-corrected chi connectivity index (χ1v) is 10.1. The summed E-state index contributed by atoms with van der Waals surface area (Å²) in [4.78, 5) is 12.7. The van der Waals surface area contributed by atoms with Gasteiger partial charge in [-0.3, -0.25) is 4.79 Å². The Morgan fingerprint density at radius 2 is 1.92 bits per heavy atom. The van der Waals surface area contributed by atoms with Crippen LogP contribution in [-0.2, 0) is 20.0 Å². The molecule has 1 aliphatic carbocycles. The molecule has 0 aromatic heterocycles. The van der Waals surface area contributed by atoms with Gasteiger partial charge >= 0.3 is 0 Å². The summed E-state index contributed by atoms with van der Waals surface area (Å²) in [7, 11) is -3.52. The Labute approximate surface area is 141 Å². The van der Waals surface area contributed by atoms with Crippen LogP contribution in [0, 0.1) is 5.82 Å². The Morgan fingerprint density at radius 1 is 1.25 bits per heavy atom. The van der Waals surface area contributed by atoms with Crippen molar-refractivity contribution in [1.29, 1.82) is 0 Å². The molecule has 1 aromatic carbocycles. The minimum atomic E-state index is -3.52. The highest BCUT2D eigenvalue weighted by Crippen LogP contribution is 2.47. The highest BCUT2D eigenvalue weighted by atomic mass is 32.2. The molecule has 24 heavy (non-hydrogen) atoms. The summed E-state index contributed by atoms with van der Waals surface area (Å²) >= 11 is 0. The van der Waals surface area contributed by atoms with E-state index in [-0.39, 0.29) is 24.1 Å². The van der Waals surface area contributed by atoms with Gasteiger partial charge in [0, 0.05) is 18.2 Å². The number of benzene rings is 1. The molecule has 2 aliphatic rings. The first-order valence-electron chi connectivity index (χ1n) is 8.24. The number of rotatable bonds is 5. The highest BCUT2D eigenvalue weighted by molar-refractivity contribution is 7.92. The SMILES string of the molecule is CS(=O)(=O)C1(C(=O)NCC2(c3cccc(F)c3)CC2)CCNCC1. The number of hydrogen-bond acceptors (Lipinski definition) is 4. The Balaban J connectivity index is 1.75. The minimum absolute atomic E-state index is 0.261. The molecule has 0 radical (unpaired) electrons. The van der Waals surface area contributed by atoms with Crippen molar-refractivity contribution in [3.63, 3.8) is 0 Å². The van der Waals surface area contributed by atoms with Crippen molar-refractivity contribution >= 4 is 15.7 Å². The van der Waals surface area contributed by atoms with E-state index in [0.717, 1.165) is 24.7 Å². The third kappa shape index (κ3) is 3.07. The molecular formula is C17H23FN2O3S. The van der Waals surface area contributed by atoms with Crippen molar-refractivity contribution in [3.8, 4) is 0 Å². The Bertz CT molecular complexity index is 738. The zero-order valence-corrected chi connectivity index (χ0v) is 14.6. The Morgan fingerprint density at radius 3 is 2.46 bits per heavy atom. The lowest BCUT2D eigenvalue weighted by atomic mass is 9.93. The first-order chi connectivity index (χ1) is 11.3. The average Bonchev–Trinajstić information content (AvgIpc) is 3.33. The number of hydrogen-bond donors (Lipinski definition) is 2. The normalized spacial score (nSPS) is 21.9. The molecule has 1 saturated carbocycles. The fourth-order valence-electron chi connectivity index (χ4n) is 3.54.